The second-order valence-corrected chi connectivity index (χ2v) is 10.6. The third kappa shape index (κ3) is 4.79. The van der Waals surface area contributed by atoms with Gasteiger partial charge in [-0.3, -0.25) is 0 Å². The second kappa shape index (κ2) is 11.1. The molecule has 5 aromatic rings. The average molecular weight is 540 g/mol. The van der Waals surface area contributed by atoms with Gasteiger partial charge in [0.25, 0.3) is 0 Å². The van der Waals surface area contributed by atoms with Crippen LogP contribution in [0, 0.1) is 36.5 Å². The number of anilines is 3. The Labute approximate surface area is 247 Å². The van der Waals surface area contributed by atoms with Gasteiger partial charge in [0.05, 0.1) is 34.7 Å². The van der Waals surface area contributed by atoms with Crippen LogP contribution in [0.3, 0.4) is 0 Å². The van der Waals surface area contributed by atoms with E-state index in [9.17, 15) is 10.5 Å². The van der Waals surface area contributed by atoms with E-state index < -0.39 is 0 Å². The van der Waals surface area contributed by atoms with E-state index >= 15 is 0 Å². The Morgan fingerprint density at radius 2 is 1.14 bits per heavy atom. The van der Waals surface area contributed by atoms with Crippen LogP contribution in [-0.4, -0.2) is 0 Å². The number of rotatable bonds is 4. The standard InChI is InChI=1S/C39H29N3/c1-4-29(24-40)30-13-15-31(16-14-30)32(25-41)22-28-12-20-39-37(23-28)35-8-6-5-7-34(35)36-21-27(3)11-19-38(36)42(39)33-17-9-26(2)10-18-33/h4-23H,1-3H3. The Morgan fingerprint density at radius 3 is 1.74 bits per heavy atom. The molecule has 0 aromatic heterocycles. The smallest absolute Gasteiger partial charge is 0.0998 e. The molecule has 0 unspecified atom stereocenters. The van der Waals surface area contributed by atoms with E-state index in [-0.39, 0.29) is 0 Å². The summed E-state index contributed by atoms with van der Waals surface area (Å²) in [5.41, 5.74) is 14.2. The van der Waals surface area contributed by atoms with Crippen LogP contribution in [-0.2, 0) is 0 Å². The van der Waals surface area contributed by atoms with Crippen molar-refractivity contribution in [1.82, 2.24) is 0 Å². The highest BCUT2D eigenvalue weighted by Gasteiger charge is 2.26. The first-order valence-corrected chi connectivity index (χ1v) is 14.0. The molecule has 3 nitrogen and oxygen atoms in total. The second-order valence-electron chi connectivity index (χ2n) is 10.6. The number of fused-ring (bicyclic) bond motifs is 5. The van der Waals surface area contributed by atoms with E-state index in [1.54, 1.807) is 6.08 Å². The van der Waals surface area contributed by atoms with Gasteiger partial charge in [-0.25, -0.2) is 0 Å². The predicted octanol–water partition coefficient (Wildman–Crippen LogP) is 10.4. The van der Waals surface area contributed by atoms with Crippen molar-refractivity contribution in [1.29, 1.82) is 10.5 Å². The average Bonchev–Trinajstić information content (AvgIpc) is 3.14. The lowest BCUT2D eigenvalue weighted by Crippen LogP contribution is -2.11. The molecule has 0 radical (unpaired) electrons. The van der Waals surface area contributed by atoms with Gasteiger partial charge in [-0.1, -0.05) is 90.0 Å². The number of hydrogen-bond donors (Lipinski definition) is 0. The molecule has 0 aliphatic carbocycles. The maximum absolute atomic E-state index is 10.1. The monoisotopic (exact) mass is 539 g/mol. The maximum Gasteiger partial charge on any atom is 0.0998 e. The summed E-state index contributed by atoms with van der Waals surface area (Å²) >= 11 is 0. The van der Waals surface area contributed by atoms with E-state index in [1.165, 1.54) is 22.3 Å². The first kappa shape index (κ1) is 26.6. The number of benzene rings is 5. The van der Waals surface area contributed by atoms with Crippen LogP contribution in [0.1, 0.15) is 34.7 Å². The molecular weight excluding hydrogens is 510 g/mol. The minimum atomic E-state index is 0.566. The predicted molar refractivity (Wildman–Crippen MR) is 174 cm³/mol. The topological polar surface area (TPSA) is 50.8 Å². The van der Waals surface area contributed by atoms with Crippen molar-refractivity contribution in [3.05, 3.63) is 143 Å². The molecule has 3 heteroatoms. The zero-order valence-corrected chi connectivity index (χ0v) is 23.9. The molecule has 0 fully saturated rings. The molecule has 200 valence electrons. The number of aryl methyl sites for hydroxylation is 2. The summed E-state index contributed by atoms with van der Waals surface area (Å²) in [6.45, 7) is 6.09. The summed E-state index contributed by atoms with van der Waals surface area (Å²) in [7, 11) is 0. The van der Waals surface area contributed by atoms with Crippen molar-refractivity contribution >= 4 is 34.3 Å². The van der Waals surface area contributed by atoms with Gasteiger partial charge < -0.3 is 4.90 Å². The van der Waals surface area contributed by atoms with Crippen LogP contribution >= 0.6 is 0 Å². The molecule has 1 heterocycles. The summed E-state index contributed by atoms with van der Waals surface area (Å²) in [6, 6.07) is 42.5. The van der Waals surface area contributed by atoms with Crippen LogP contribution in [0.15, 0.2) is 115 Å². The lowest BCUT2D eigenvalue weighted by atomic mass is 9.92. The van der Waals surface area contributed by atoms with E-state index in [4.69, 9.17) is 0 Å². The molecule has 0 amide bonds. The zero-order valence-electron chi connectivity index (χ0n) is 23.9. The molecule has 6 rings (SSSR count). The van der Waals surface area contributed by atoms with Gasteiger partial charge in [0.1, 0.15) is 0 Å². The summed E-state index contributed by atoms with van der Waals surface area (Å²) in [4.78, 5) is 2.34. The van der Waals surface area contributed by atoms with Gasteiger partial charge in [0.15, 0.2) is 0 Å². The molecular formula is C39H29N3. The van der Waals surface area contributed by atoms with E-state index in [0.29, 0.717) is 11.1 Å². The Bertz CT molecular complexity index is 1960. The molecule has 42 heavy (non-hydrogen) atoms. The summed E-state index contributed by atoms with van der Waals surface area (Å²) in [6.07, 6.45) is 3.74. The Morgan fingerprint density at radius 1 is 0.595 bits per heavy atom. The van der Waals surface area contributed by atoms with Gasteiger partial charge in [0, 0.05) is 16.8 Å². The number of nitrogens with zero attached hydrogens (tertiary/aromatic N) is 3. The van der Waals surface area contributed by atoms with Gasteiger partial charge in [-0.15, -0.1) is 0 Å². The normalized spacial score (nSPS) is 12.4. The van der Waals surface area contributed by atoms with Crippen molar-refractivity contribution in [3.8, 4) is 34.4 Å². The lowest BCUT2D eigenvalue weighted by Gasteiger charge is -2.27. The Kier molecular flexibility index (Phi) is 7.02. The van der Waals surface area contributed by atoms with E-state index in [1.807, 2.05) is 37.3 Å². The molecule has 0 saturated heterocycles. The molecule has 0 atom stereocenters. The first-order valence-electron chi connectivity index (χ1n) is 14.0. The molecule has 0 bridgehead atoms. The fraction of sp³-hybridized carbons (Fsp3) is 0.0769. The first-order chi connectivity index (χ1) is 20.5. The summed E-state index contributed by atoms with van der Waals surface area (Å²) in [5, 5.41) is 19.5. The summed E-state index contributed by atoms with van der Waals surface area (Å²) in [5.74, 6) is 0. The summed E-state index contributed by atoms with van der Waals surface area (Å²) < 4.78 is 0. The zero-order chi connectivity index (χ0) is 29.2. The number of hydrogen-bond acceptors (Lipinski definition) is 3. The SMILES string of the molecule is CC=C(C#N)c1ccc(C(C#N)=Cc2ccc3c(c2)-c2ccccc2-c2cc(C)ccc2N3c2ccc(C)cc2)cc1. The van der Waals surface area contributed by atoms with Crippen LogP contribution in [0.4, 0.5) is 17.1 Å². The number of allylic oxidation sites excluding steroid dienone is 3. The molecule has 0 spiro atoms. The van der Waals surface area contributed by atoms with Crippen molar-refractivity contribution in [3.63, 3.8) is 0 Å². The van der Waals surface area contributed by atoms with Gasteiger partial charge in [-0.05, 0) is 91.1 Å². The van der Waals surface area contributed by atoms with Gasteiger partial charge in [-0.2, -0.15) is 10.5 Å². The Hall–Kier alpha value is -5.64. The largest absolute Gasteiger partial charge is 0.309 e. The molecule has 5 aromatic carbocycles. The quantitative estimate of drug-likeness (QED) is 0.165. The highest BCUT2D eigenvalue weighted by atomic mass is 15.1. The van der Waals surface area contributed by atoms with Crippen molar-refractivity contribution in [2.45, 2.75) is 20.8 Å². The lowest BCUT2D eigenvalue weighted by molar-refractivity contribution is 1.28. The van der Waals surface area contributed by atoms with Crippen molar-refractivity contribution in [2.24, 2.45) is 0 Å². The van der Waals surface area contributed by atoms with Crippen molar-refractivity contribution < 1.29 is 0 Å². The minimum absolute atomic E-state index is 0.566. The minimum Gasteiger partial charge on any atom is -0.309 e. The van der Waals surface area contributed by atoms with Gasteiger partial charge in [0.2, 0.25) is 0 Å². The third-order valence-electron chi connectivity index (χ3n) is 7.80. The van der Waals surface area contributed by atoms with Crippen LogP contribution < -0.4 is 4.90 Å². The van der Waals surface area contributed by atoms with E-state index in [0.717, 1.165) is 44.9 Å². The van der Waals surface area contributed by atoms with E-state index in [2.05, 4.69) is 116 Å². The molecule has 0 N–H and O–H groups in total. The molecule has 1 aliphatic rings. The van der Waals surface area contributed by atoms with Crippen LogP contribution in [0.5, 0.6) is 0 Å². The highest BCUT2D eigenvalue weighted by molar-refractivity contribution is 6.03. The van der Waals surface area contributed by atoms with Crippen LogP contribution in [0.2, 0.25) is 0 Å². The highest BCUT2D eigenvalue weighted by Crippen LogP contribution is 2.51. The fourth-order valence-electron chi connectivity index (χ4n) is 5.64. The van der Waals surface area contributed by atoms with Gasteiger partial charge >= 0.3 is 0 Å². The number of nitriles is 2. The van der Waals surface area contributed by atoms with Crippen LogP contribution in [0.25, 0.3) is 39.5 Å². The molecule has 1 aliphatic heterocycles. The Balaban J connectivity index is 1.53. The molecule has 0 saturated carbocycles. The maximum atomic E-state index is 10.1. The fourth-order valence-corrected chi connectivity index (χ4v) is 5.64. The van der Waals surface area contributed by atoms with Crippen molar-refractivity contribution in [2.75, 3.05) is 4.90 Å². The third-order valence-corrected chi connectivity index (χ3v) is 7.80.